The summed E-state index contributed by atoms with van der Waals surface area (Å²) in [6.07, 6.45) is 5.35. The van der Waals surface area contributed by atoms with E-state index < -0.39 is 0 Å². The van der Waals surface area contributed by atoms with E-state index in [9.17, 15) is 9.59 Å². The molecule has 1 N–H and O–H groups in total. The van der Waals surface area contributed by atoms with E-state index in [2.05, 4.69) is 11.2 Å². The van der Waals surface area contributed by atoms with Crippen molar-refractivity contribution >= 4 is 11.8 Å². The second-order valence-electron chi connectivity index (χ2n) is 3.10. The quantitative estimate of drug-likeness (QED) is 0.566. The van der Waals surface area contributed by atoms with Gasteiger partial charge in [-0.3, -0.25) is 9.59 Å². The van der Waals surface area contributed by atoms with Crippen molar-refractivity contribution in [1.82, 2.24) is 10.2 Å². The van der Waals surface area contributed by atoms with E-state index in [1.807, 2.05) is 0 Å². The standard InChI is InChI=1S/C9H12N2O2/c1-3-4-11(2)9(13)7-5-8(12)10-6-7/h1,7H,4-6H2,2H3,(H,10,12). The topological polar surface area (TPSA) is 49.4 Å². The van der Waals surface area contributed by atoms with Gasteiger partial charge in [0.2, 0.25) is 11.8 Å². The Kier molecular flexibility index (Phi) is 2.91. The van der Waals surface area contributed by atoms with E-state index in [-0.39, 0.29) is 24.2 Å². The van der Waals surface area contributed by atoms with Gasteiger partial charge in [-0.25, -0.2) is 0 Å². The highest BCUT2D eigenvalue weighted by atomic mass is 16.2. The summed E-state index contributed by atoms with van der Waals surface area (Å²) in [5.74, 6) is 2.03. The number of carbonyl (C=O) groups excluding carboxylic acids is 2. The molecule has 0 aromatic heterocycles. The molecule has 13 heavy (non-hydrogen) atoms. The number of hydrogen-bond acceptors (Lipinski definition) is 2. The number of terminal acetylenes is 1. The van der Waals surface area contributed by atoms with Crippen LogP contribution in [0.4, 0.5) is 0 Å². The summed E-state index contributed by atoms with van der Waals surface area (Å²) in [5.41, 5.74) is 0. The molecule has 1 fully saturated rings. The lowest BCUT2D eigenvalue weighted by molar-refractivity contribution is -0.134. The third-order valence-corrected chi connectivity index (χ3v) is 2.03. The van der Waals surface area contributed by atoms with E-state index in [1.165, 1.54) is 4.90 Å². The Labute approximate surface area is 77.3 Å². The first-order valence-corrected chi connectivity index (χ1v) is 4.10. The second kappa shape index (κ2) is 3.94. The minimum Gasteiger partial charge on any atom is -0.355 e. The number of nitrogens with one attached hydrogen (secondary N) is 1. The number of hydrogen-bond donors (Lipinski definition) is 1. The zero-order valence-corrected chi connectivity index (χ0v) is 7.54. The monoisotopic (exact) mass is 180 g/mol. The van der Waals surface area contributed by atoms with Crippen molar-refractivity contribution in [3.05, 3.63) is 0 Å². The Morgan fingerprint density at radius 2 is 2.54 bits per heavy atom. The van der Waals surface area contributed by atoms with E-state index in [1.54, 1.807) is 7.05 Å². The van der Waals surface area contributed by atoms with Crippen molar-refractivity contribution in [3.63, 3.8) is 0 Å². The van der Waals surface area contributed by atoms with Crippen molar-refractivity contribution in [1.29, 1.82) is 0 Å². The maximum absolute atomic E-state index is 11.5. The summed E-state index contributed by atoms with van der Waals surface area (Å²) < 4.78 is 0. The summed E-state index contributed by atoms with van der Waals surface area (Å²) in [7, 11) is 1.64. The van der Waals surface area contributed by atoms with Crippen molar-refractivity contribution in [2.24, 2.45) is 5.92 Å². The largest absolute Gasteiger partial charge is 0.355 e. The zero-order valence-electron chi connectivity index (χ0n) is 7.54. The van der Waals surface area contributed by atoms with E-state index >= 15 is 0 Å². The average Bonchev–Trinajstić information content (AvgIpc) is 2.51. The molecule has 1 saturated heterocycles. The Hall–Kier alpha value is -1.50. The highest BCUT2D eigenvalue weighted by Gasteiger charge is 2.29. The van der Waals surface area contributed by atoms with Crippen molar-refractivity contribution in [2.45, 2.75) is 6.42 Å². The first-order valence-electron chi connectivity index (χ1n) is 4.10. The van der Waals surface area contributed by atoms with Crippen LogP contribution in [-0.2, 0) is 9.59 Å². The molecule has 4 nitrogen and oxygen atoms in total. The predicted molar refractivity (Wildman–Crippen MR) is 47.6 cm³/mol. The summed E-state index contributed by atoms with van der Waals surface area (Å²) in [6.45, 7) is 0.732. The fraction of sp³-hybridized carbons (Fsp3) is 0.556. The first kappa shape index (κ1) is 9.59. The molecule has 0 aromatic rings. The van der Waals surface area contributed by atoms with Crippen LogP contribution in [0.25, 0.3) is 0 Å². The fourth-order valence-electron chi connectivity index (χ4n) is 1.31. The number of amides is 2. The predicted octanol–water partition coefficient (Wildman–Crippen LogP) is -0.786. The van der Waals surface area contributed by atoms with Crippen LogP contribution in [0.2, 0.25) is 0 Å². The summed E-state index contributed by atoms with van der Waals surface area (Å²) in [6, 6.07) is 0. The Bertz CT molecular complexity index is 267. The van der Waals surface area contributed by atoms with Gasteiger partial charge in [0.05, 0.1) is 12.5 Å². The molecule has 0 saturated carbocycles. The summed E-state index contributed by atoms with van der Waals surface area (Å²) >= 11 is 0. The van der Waals surface area contributed by atoms with E-state index in [4.69, 9.17) is 6.42 Å². The normalized spacial score (nSPS) is 20.6. The van der Waals surface area contributed by atoms with Gasteiger partial charge in [-0.15, -0.1) is 6.42 Å². The molecule has 1 rings (SSSR count). The van der Waals surface area contributed by atoms with Gasteiger partial charge in [0.25, 0.3) is 0 Å². The van der Waals surface area contributed by atoms with Gasteiger partial charge in [0.15, 0.2) is 0 Å². The van der Waals surface area contributed by atoms with Gasteiger partial charge < -0.3 is 10.2 Å². The summed E-state index contributed by atoms with van der Waals surface area (Å²) in [5, 5.41) is 2.61. The fourth-order valence-corrected chi connectivity index (χ4v) is 1.31. The molecule has 0 aromatic carbocycles. The van der Waals surface area contributed by atoms with Crippen LogP contribution in [0.3, 0.4) is 0 Å². The lowest BCUT2D eigenvalue weighted by Crippen LogP contribution is -2.34. The lowest BCUT2D eigenvalue weighted by Gasteiger charge is -2.16. The minimum absolute atomic E-state index is 0.0590. The highest BCUT2D eigenvalue weighted by Crippen LogP contribution is 2.11. The van der Waals surface area contributed by atoms with Crippen molar-refractivity contribution < 1.29 is 9.59 Å². The van der Waals surface area contributed by atoms with Crippen molar-refractivity contribution in [3.8, 4) is 12.3 Å². The molecule has 2 amide bonds. The Morgan fingerprint density at radius 3 is 3.00 bits per heavy atom. The molecule has 4 heteroatoms. The van der Waals surface area contributed by atoms with Gasteiger partial charge >= 0.3 is 0 Å². The summed E-state index contributed by atoms with van der Waals surface area (Å²) in [4.78, 5) is 23.8. The van der Waals surface area contributed by atoms with Crippen LogP contribution in [-0.4, -0.2) is 36.9 Å². The molecule has 70 valence electrons. The Morgan fingerprint density at radius 1 is 1.85 bits per heavy atom. The van der Waals surface area contributed by atoms with Gasteiger partial charge in [0.1, 0.15) is 0 Å². The second-order valence-corrected chi connectivity index (χ2v) is 3.10. The average molecular weight is 180 g/mol. The van der Waals surface area contributed by atoms with Crippen LogP contribution in [0.15, 0.2) is 0 Å². The molecule has 0 aliphatic carbocycles. The molecule has 1 aliphatic rings. The van der Waals surface area contributed by atoms with Gasteiger partial charge in [-0.1, -0.05) is 5.92 Å². The highest BCUT2D eigenvalue weighted by molar-refractivity contribution is 5.89. The van der Waals surface area contributed by atoms with Crippen molar-refractivity contribution in [2.75, 3.05) is 20.1 Å². The third kappa shape index (κ3) is 2.22. The van der Waals surface area contributed by atoms with Crippen LogP contribution < -0.4 is 5.32 Å². The first-order chi connectivity index (χ1) is 6.15. The minimum atomic E-state index is -0.231. The molecule has 0 bridgehead atoms. The van der Waals surface area contributed by atoms with Crippen LogP contribution in [0.1, 0.15) is 6.42 Å². The molecular formula is C9H12N2O2. The maximum Gasteiger partial charge on any atom is 0.228 e. The SMILES string of the molecule is C#CCN(C)C(=O)C1CNC(=O)C1. The third-order valence-electron chi connectivity index (χ3n) is 2.03. The van der Waals surface area contributed by atoms with Crippen LogP contribution in [0, 0.1) is 18.3 Å². The van der Waals surface area contributed by atoms with Gasteiger partial charge in [-0.05, 0) is 0 Å². The molecule has 0 radical (unpaired) electrons. The van der Waals surface area contributed by atoms with E-state index in [0.717, 1.165) is 0 Å². The smallest absolute Gasteiger partial charge is 0.228 e. The lowest BCUT2D eigenvalue weighted by atomic mass is 10.1. The van der Waals surface area contributed by atoms with Gasteiger partial charge in [0, 0.05) is 20.0 Å². The Balaban J connectivity index is 2.49. The maximum atomic E-state index is 11.5. The molecule has 1 aliphatic heterocycles. The molecule has 1 heterocycles. The number of nitrogens with zero attached hydrogens (tertiary/aromatic N) is 1. The molecule has 0 spiro atoms. The van der Waals surface area contributed by atoms with Crippen LogP contribution >= 0.6 is 0 Å². The van der Waals surface area contributed by atoms with Gasteiger partial charge in [-0.2, -0.15) is 0 Å². The number of carbonyl (C=O) groups is 2. The molecule has 1 atom stereocenters. The molecular weight excluding hydrogens is 168 g/mol. The van der Waals surface area contributed by atoms with Crippen LogP contribution in [0.5, 0.6) is 0 Å². The zero-order chi connectivity index (χ0) is 9.84. The molecule has 1 unspecified atom stereocenters. The van der Waals surface area contributed by atoms with E-state index in [0.29, 0.717) is 13.1 Å². The number of rotatable bonds is 2.